The number of benzene rings is 1. The number of fused-ring (bicyclic) bond motifs is 1. The van der Waals surface area contributed by atoms with E-state index in [1.807, 2.05) is 58.9 Å². The predicted octanol–water partition coefficient (Wildman–Crippen LogP) is 3.21. The zero-order chi connectivity index (χ0) is 49.4. The van der Waals surface area contributed by atoms with E-state index in [0.717, 1.165) is 11.1 Å². The number of imidazole rings is 1. The molecule has 1 aromatic carbocycles. The first kappa shape index (κ1) is 54.3. The number of aliphatic hydroxyl groups excluding tert-OH is 4. The summed E-state index contributed by atoms with van der Waals surface area (Å²) < 4.78 is 42.6. The first-order valence-electron chi connectivity index (χ1n) is 23.6. The number of carbonyl (C=O) groups excluding carboxylic acids is 2. The number of aromatic nitrogens is 2. The number of hydrogen-bond acceptors (Lipinski definition) is 16. The number of nitrogens with one attached hydrogen (secondary N) is 1. The molecule has 2 saturated heterocycles. The maximum atomic E-state index is 14.1. The molecule has 0 saturated carbocycles. The first-order chi connectivity index (χ1) is 31.7. The molecule has 67 heavy (non-hydrogen) atoms. The monoisotopic (exact) mass is 944 g/mol. The van der Waals surface area contributed by atoms with E-state index in [1.54, 1.807) is 45.8 Å². The van der Waals surface area contributed by atoms with E-state index in [2.05, 4.69) is 9.98 Å². The number of likely N-dealkylation sites (N-methyl/N-ethyl adjacent to an activating group) is 1. The first-order valence-corrected chi connectivity index (χ1v) is 23.6. The SMILES string of the molecule is CC[C@H]1OC(=O)C[C@@H](O)[C@H](C)[C@@H](O[C@@H]2O[C@H](C)[C@@H](O)[C@H](N(C)C)[C@H]2O)[C@@H](Cc2nc3ccc(C(N)=NC(C)C)cc3[nH]2)C[C@@H](C)C(=O)/C=C/C(C)=C/C1CO[C@@H]1O[C@H](C)[C@@H](O)[C@@H](OC)[C@H]1OC. The lowest BCUT2D eigenvalue weighted by Gasteiger charge is -2.46. The van der Waals surface area contributed by atoms with Crippen molar-refractivity contribution in [2.24, 2.45) is 34.4 Å². The number of carbonyl (C=O) groups is 2. The highest BCUT2D eigenvalue weighted by molar-refractivity contribution is 6.00. The Morgan fingerprint density at radius 3 is 2.27 bits per heavy atom. The Labute approximate surface area is 395 Å². The van der Waals surface area contributed by atoms with Crippen LogP contribution in [-0.2, 0) is 49.2 Å². The molecular formula is C49H77N5O13. The molecule has 17 atom stereocenters. The van der Waals surface area contributed by atoms with Gasteiger partial charge >= 0.3 is 5.97 Å². The highest BCUT2D eigenvalue weighted by Gasteiger charge is 2.48. The number of ketones is 1. The quantitative estimate of drug-likeness (QED) is 0.0959. The molecule has 18 nitrogen and oxygen atoms in total. The van der Waals surface area contributed by atoms with Gasteiger partial charge in [-0.3, -0.25) is 14.6 Å². The van der Waals surface area contributed by atoms with Gasteiger partial charge in [0.2, 0.25) is 0 Å². The van der Waals surface area contributed by atoms with Gasteiger partial charge in [-0.15, -0.1) is 0 Å². The van der Waals surface area contributed by atoms with Crippen molar-refractivity contribution in [3.63, 3.8) is 0 Å². The molecule has 1 aromatic heterocycles. The highest BCUT2D eigenvalue weighted by Crippen LogP contribution is 2.35. The van der Waals surface area contributed by atoms with Gasteiger partial charge in [-0.2, -0.15) is 0 Å². The molecule has 0 bridgehead atoms. The summed E-state index contributed by atoms with van der Waals surface area (Å²) in [5, 5.41) is 45.5. The second kappa shape index (κ2) is 24.3. The number of amidine groups is 1. The van der Waals surface area contributed by atoms with Crippen LogP contribution in [0.15, 0.2) is 47.0 Å². The molecule has 0 spiro atoms. The summed E-state index contributed by atoms with van der Waals surface area (Å²) >= 11 is 0. The second-order valence-corrected chi connectivity index (χ2v) is 19.2. The number of allylic oxidation sites excluding steroid dienone is 3. The van der Waals surface area contributed by atoms with Crippen LogP contribution in [0.2, 0.25) is 0 Å². The Morgan fingerprint density at radius 1 is 0.955 bits per heavy atom. The fourth-order valence-corrected chi connectivity index (χ4v) is 9.52. The molecule has 0 amide bonds. The van der Waals surface area contributed by atoms with E-state index in [0.29, 0.717) is 29.2 Å². The van der Waals surface area contributed by atoms with Gasteiger partial charge in [0, 0.05) is 50.0 Å². The van der Waals surface area contributed by atoms with Crippen LogP contribution >= 0.6 is 0 Å². The number of aromatic amines is 1. The summed E-state index contributed by atoms with van der Waals surface area (Å²) in [6, 6.07) is 4.84. The van der Waals surface area contributed by atoms with Crippen molar-refractivity contribution < 1.29 is 63.2 Å². The van der Waals surface area contributed by atoms with E-state index in [4.69, 9.17) is 43.9 Å². The lowest BCUT2D eigenvalue weighted by atomic mass is 9.79. The molecule has 2 fully saturated rings. The zero-order valence-corrected chi connectivity index (χ0v) is 41.3. The van der Waals surface area contributed by atoms with Gasteiger partial charge in [-0.05, 0) is 91.7 Å². The van der Waals surface area contributed by atoms with Crippen molar-refractivity contribution in [2.75, 3.05) is 34.9 Å². The van der Waals surface area contributed by atoms with E-state index in [-0.39, 0.29) is 31.3 Å². The number of aliphatic imine (C=N–C) groups is 1. The molecule has 2 aromatic rings. The summed E-state index contributed by atoms with van der Waals surface area (Å²) in [6.45, 7) is 14.6. The smallest absolute Gasteiger partial charge is 0.308 e. The van der Waals surface area contributed by atoms with Crippen molar-refractivity contribution >= 4 is 28.6 Å². The predicted molar refractivity (Wildman–Crippen MR) is 251 cm³/mol. The van der Waals surface area contributed by atoms with Crippen LogP contribution in [0, 0.1) is 23.7 Å². The van der Waals surface area contributed by atoms with Crippen LogP contribution in [0.4, 0.5) is 0 Å². The number of cyclic esters (lactones) is 1. The number of hydrogen-bond donors (Lipinski definition) is 6. The minimum absolute atomic E-state index is 0.000362. The fraction of sp³-hybridized carbons (Fsp3) is 0.714. The molecule has 5 rings (SSSR count). The summed E-state index contributed by atoms with van der Waals surface area (Å²) in [5.41, 5.74) is 9.17. The minimum atomic E-state index is -1.32. The Balaban J connectivity index is 1.53. The fourth-order valence-electron chi connectivity index (χ4n) is 9.52. The van der Waals surface area contributed by atoms with E-state index in [9.17, 15) is 30.0 Å². The van der Waals surface area contributed by atoms with Gasteiger partial charge in [0.25, 0.3) is 0 Å². The summed E-state index contributed by atoms with van der Waals surface area (Å²) in [4.78, 5) is 42.6. The van der Waals surface area contributed by atoms with Gasteiger partial charge in [0.15, 0.2) is 18.4 Å². The molecule has 0 aliphatic carbocycles. The van der Waals surface area contributed by atoms with Crippen molar-refractivity contribution in [3.8, 4) is 0 Å². The molecule has 7 N–H and O–H groups in total. The van der Waals surface area contributed by atoms with E-state index >= 15 is 0 Å². The van der Waals surface area contributed by atoms with Crippen LogP contribution in [0.1, 0.15) is 86.0 Å². The second-order valence-electron chi connectivity index (χ2n) is 19.2. The maximum Gasteiger partial charge on any atom is 0.308 e. The highest BCUT2D eigenvalue weighted by atomic mass is 16.7. The molecule has 4 heterocycles. The standard InChI is InChI=1S/C49H77N5O13/c1-13-37-32(23-63-49-46(62-12)45(61-11)42(59)29(8)65-49)18-25(4)14-17-35(55)26(5)19-31(21-38-52-33-16-15-30(20-34(33)53-38)47(50)51-24(2)3)44(27(6)36(56)22-39(57)66-37)67-48-43(60)40(54(9)10)41(58)28(7)64-48/h14-18,20,24,26-29,31-32,36-37,40-46,48-49,56,58-60H,13,19,21-23H2,1-12H3,(H2,50,51)(H,52,53)/b17-14+,25-18+/t26-,27+,28-,29-,31-,32?,36-,37-,40+,41-,42-,43-,44-,45-,46-,48+,49-/m1/s1. The lowest BCUT2D eigenvalue weighted by molar-refractivity contribution is -0.304. The third-order valence-corrected chi connectivity index (χ3v) is 13.4. The molecule has 1 unspecified atom stereocenters. The zero-order valence-electron chi connectivity index (χ0n) is 41.3. The van der Waals surface area contributed by atoms with Crippen LogP contribution in [0.3, 0.4) is 0 Å². The summed E-state index contributed by atoms with van der Waals surface area (Å²) in [5.74, 6) is -2.30. The summed E-state index contributed by atoms with van der Waals surface area (Å²) in [7, 11) is 6.44. The number of ether oxygens (including phenoxy) is 7. The number of methoxy groups -OCH3 is 2. The van der Waals surface area contributed by atoms with Gasteiger partial charge < -0.3 is 69.2 Å². The number of aliphatic hydroxyl groups is 4. The average Bonchev–Trinajstić information content (AvgIpc) is 3.68. The average molecular weight is 944 g/mol. The molecule has 376 valence electrons. The minimum Gasteiger partial charge on any atom is -0.462 e. The third-order valence-electron chi connectivity index (χ3n) is 13.4. The number of nitrogens with zero attached hydrogens (tertiary/aromatic N) is 3. The van der Waals surface area contributed by atoms with Crippen LogP contribution in [0.25, 0.3) is 11.0 Å². The van der Waals surface area contributed by atoms with Crippen LogP contribution < -0.4 is 5.73 Å². The Hall–Kier alpha value is -3.66. The molecule has 18 heteroatoms. The largest absolute Gasteiger partial charge is 0.462 e. The Bertz CT molecular complexity index is 2020. The molecule has 0 radical (unpaired) electrons. The van der Waals surface area contributed by atoms with Crippen LogP contribution in [-0.4, -0.2) is 174 Å². The molecule has 3 aliphatic heterocycles. The van der Waals surface area contributed by atoms with E-state index in [1.165, 1.54) is 20.3 Å². The van der Waals surface area contributed by atoms with Crippen LogP contribution in [0.5, 0.6) is 0 Å². The Kier molecular flexibility index (Phi) is 19.7. The maximum absolute atomic E-state index is 14.1. The normalized spacial score (nSPS) is 38.0. The number of nitrogens with two attached hydrogens (primary N) is 1. The molecular weight excluding hydrogens is 867 g/mol. The topological polar surface area (TPSA) is 250 Å². The summed E-state index contributed by atoms with van der Waals surface area (Å²) in [6.07, 6.45) is -5.73. The number of H-pyrrole nitrogens is 1. The lowest BCUT2D eigenvalue weighted by Crippen LogP contribution is -2.63. The van der Waals surface area contributed by atoms with Gasteiger partial charge in [0.1, 0.15) is 42.2 Å². The van der Waals surface area contributed by atoms with E-state index < -0.39 is 116 Å². The van der Waals surface area contributed by atoms with Gasteiger partial charge in [0.05, 0.1) is 60.6 Å². The molecule has 3 aliphatic rings. The van der Waals surface area contributed by atoms with Crippen molar-refractivity contribution in [2.45, 2.75) is 167 Å². The van der Waals surface area contributed by atoms with Crippen molar-refractivity contribution in [1.82, 2.24) is 14.9 Å². The van der Waals surface area contributed by atoms with Crippen molar-refractivity contribution in [3.05, 3.63) is 53.4 Å². The van der Waals surface area contributed by atoms with Gasteiger partial charge in [-0.1, -0.05) is 38.5 Å². The van der Waals surface area contributed by atoms with Crippen molar-refractivity contribution in [1.29, 1.82) is 0 Å². The van der Waals surface area contributed by atoms with Gasteiger partial charge in [-0.25, -0.2) is 4.98 Å². The number of rotatable bonds is 13. The Morgan fingerprint density at radius 2 is 1.63 bits per heavy atom. The number of esters is 1. The third kappa shape index (κ3) is 13.6.